The van der Waals surface area contributed by atoms with Crippen molar-refractivity contribution in [3.8, 4) is 0 Å². The molecular formula is C23H24N4O4. The minimum atomic E-state index is -0.973. The molecule has 2 aliphatic heterocycles. The highest BCUT2D eigenvalue weighted by Gasteiger charge is 2.40. The van der Waals surface area contributed by atoms with Crippen LogP contribution in [0.1, 0.15) is 38.0 Å². The highest BCUT2D eigenvalue weighted by Crippen LogP contribution is 2.25. The van der Waals surface area contributed by atoms with E-state index in [-0.39, 0.29) is 5.91 Å². The van der Waals surface area contributed by atoms with Crippen molar-refractivity contribution < 1.29 is 19.2 Å². The number of fused-ring (bicyclic) bond motifs is 1. The van der Waals surface area contributed by atoms with Crippen LogP contribution >= 0.6 is 0 Å². The zero-order chi connectivity index (χ0) is 22.1. The lowest BCUT2D eigenvalue weighted by molar-refractivity contribution is -0.119. The number of carbonyl (C=O) groups excluding carboxylic acids is 4. The zero-order valence-corrected chi connectivity index (χ0v) is 17.5. The topological polar surface area (TPSA) is 90.0 Å². The van der Waals surface area contributed by atoms with Crippen molar-refractivity contribution in [2.24, 2.45) is 0 Å². The van der Waals surface area contributed by atoms with Gasteiger partial charge in [-0.3, -0.25) is 24.1 Å². The molecule has 0 radical (unpaired) electrons. The van der Waals surface area contributed by atoms with Crippen molar-refractivity contribution >= 4 is 29.3 Å². The van der Waals surface area contributed by atoms with Gasteiger partial charge in [0.25, 0.3) is 17.7 Å². The number of carbonyl (C=O) groups is 4. The summed E-state index contributed by atoms with van der Waals surface area (Å²) in [5.74, 6) is -1.47. The van der Waals surface area contributed by atoms with E-state index >= 15 is 0 Å². The molecule has 2 aromatic carbocycles. The van der Waals surface area contributed by atoms with Gasteiger partial charge in [-0.25, -0.2) is 0 Å². The summed E-state index contributed by atoms with van der Waals surface area (Å²) in [6.07, 6.45) is 0. The van der Waals surface area contributed by atoms with Crippen molar-refractivity contribution in [2.75, 3.05) is 38.5 Å². The molecule has 0 aromatic heterocycles. The number of likely N-dealkylation sites (N-methyl/N-ethyl adjacent to an activating group) is 1. The Morgan fingerprint density at radius 2 is 1.42 bits per heavy atom. The molecule has 8 nitrogen and oxygen atoms in total. The Labute approximate surface area is 180 Å². The maximum absolute atomic E-state index is 12.7. The molecular weight excluding hydrogens is 396 g/mol. The van der Waals surface area contributed by atoms with Gasteiger partial charge in [0.2, 0.25) is 5.91 Å². The molecule has 4 rings (SSSR count). The minimum Gasteiger partial charge on any atom is -0.336 e. The lowest BCUT2D eigenvalue weighted by atomic mass is 10.1. The number of hydrogen-bond donors (Lipinski definition) is 1. The molecule has 2 aromatic rings. The minimum absolute atomic E-state index is 0.0367. The first kappa shape index (κ1) is 20.7. The van der Waals surface area contributed by atoms with Gasteiger partial charge in [0.15, 0.2) is 0 Å². The number of anilines is 1. The fourth-order valence-electron chi connectivity index (χ4n) is 3.81. The van der Waals surface area contributed by atoms with E-state index in [2.05, 4.69) is 10.2 Å². The van der Waals surface area contributed by atoms with Crippen LogP contribution in [0.25, 0.3) is 0 Å². The molecule has 1 saturated heterocycles. The molecule has 0 spiro atoms. The fraction of sp³-hybridized carbons (Fsp3) is 0.304. The van der Waals surface area contributed by atoms with Crippen LogP contribution in [0.2, 0.25) is 0 Å². The van der Waals surface area contributed by atoms with Gasteiger partial charge < -0.3 is 15.1 Å². The van der Waals surface area contributed by atoms with Crippen molar-refractivity contribution in [1.29, 1.82) is 0 Å². The summed E-state index contributed by atoms with van der Waals surface area (Å²) in [6.45, 7) is 4.57. The highest BCUT2D eigenvalue weighted by molar-refractivity contribution is 6.23. The van der Waals surface area contributed by atoms with Crippen LogP contribution in [0, 0.1) is 0 Å². The fourth-order valence-corrected chi connectivity index (χ4v) is 3.81. The van der Waals surface area contributed by atoms with Crippen LogP contribution in [0.3, 0.4) is 0 Å². The lowest BCUT2D eigenvalue weighted by Gasteiger charge is -2.32. The summed E-state index contributed by atoms with van der Waals surface area (Å²) in [4.78, 5) is 55.5. The van der Waals surface area contributed by atoms with Crippen LogP contribution in [-0.4, -0.2) is 77.6 Å². The van der Waals surface area contributed by atoms with Gasteiger partial charge in [0, 0.05) is 37.4 Å². The van der Waals surface area contributed by atoms with Crippen molar-refractivity contribution in [2.45, 2.75) is 13.0 Å². The van der Waals surface area contributed by atoms with Crippen LogP contribution in [-0.2, 0) is 4.79 Å². The van der Waals surface area contributed by atoms with Crippen LogP contribution in [0.15, 0.2) is 48.5 Å². The van der Waals surface area contributed by atoms with Crippen LogP contribution in [0.5, 0.6) is 0 Å². The number of benzene rings is 2. The second kappa shape index (κ2) is 8.31. The third-order valence-electron chi connectivity index (χ3n) is 5.78. The number of rotatable bonds is 4. The molecule has 0 aliphatic carbocycles. The van der Waals surface area contributed by atoms with Crippen molar-refractivity contribution in [1.82, 2.24) is 14.7 Å². The second-order valence-corrected chi connectivity index (χ2v) is 7.86. The molecule has 0 saturated carbocycles. The lowest BCUT2D eigenvalue weighted by Crippen LogP contribution is -2.47. The van der Waals surface area contributed by atoms with Gasteiger partial charge in [0.1, 0.15) is 6.04 Å². The molecule has 1 atom stereocenters. The quantitative estimate of drug-likeness (QED) is 0.761. The first-order valence-corrected chi connectivity index (χ1v) is 10.2. The molecule has 1 N–H and O–H groups in total. The number of piperazine rings is 1. The number of hydrogen-bond acceptors (Lipinski definition) is 5. The maximum Gasteiger partial charge on any atom is 0.262 e. The number of imide groups is 1. The van der Waals surface area contributed by atoms with Gasteiger partial charge in [-0.05, 0) is 50.4 Å². The van der Waals surface area contributed by atoms with Crippen molar-refractivity contribution in [3.63, 3.8) is 0 Å². The first-order valence-electron chi connectivity index (χ1n) is 10.2. The zero-order valence-electron chi connectivity index (χ0n) is 17.5. The van der Waals surface area contributed by atoms with Gasteiger partial charge >= 0.3 is 0 Å². The number of nitrogens with zero attached hydrogens (tertiary/aromatic N) is 3. The van der Waals surface area contributed by atoms with E-state index in [1.807, 2.05) is 11.9 Å². The van der Waals surface area contributed by atoms with E-state index in [4.69, 9.17) is 0 Å². The standard InChI is InChI=1S/C23H24N4O4/c1-15(27-22(30)18-5-3-4-6-19(18)23(27)31)20(28)24-17-9-7-16(8-10-17)21(29)26-13-11-25(2)12-14-26/h3-10,15H,11-14H2,1-2H3,(H,24,28). The van der Waals surface area contributed by atoms with E-state index in [1.54, 1.807) is 48.5 Å². The largest absolute Gasteiger partial charge is 0.336 e. The number of amides is 4. The van der Waals surface area contributed by atoms with E-state index in [0.717, 1.165) is 18.0 Å². The predicted octanol–water partition coefficient (Wildman–Crippen LogP) is 1.70. The Hall–Kier alpha value is -3.52. The van der Waals surface area contributed by atoms with Crippen molar-refractivity contribution in [3.05, 3.63) is 65.2 Å². The van der Waals surface area contributed by atoms with Gasteiger partial charge in [-0.2, -0.15) is 0 Å². The summed E-state index contributed by atoms with van der Waals surface area (Å²) in [5.41, 5.74) is 1.65. The molecule has 1 fully saturated rings. The molecule has 2 heterocycles. The summed E-state index contributed by atoms with van der Waals surface area (Å²) in [5, 5.41) is 2.72. The molecule has 1 unspecified atom stereocenters. The summed E-state index contributed by atoms with van der Waals surface area (Å²) in [6, 6.07) is 12.2. The van der Waals surface area contributed by atoms with E-state index < -0.39 is 23.8 Å². The molecule has 160 valence electrons. The maximum atomic E-state index is 12.7. The van der Waals surface area contributed by atoms with Gasteiger partial charge in [-0.1, -0.05) is 12.1 Å². The highest BCUT2D eigenvalue weighted by atomic mass is 16.2. The Balaban J connectivity index is 1.40. The Bertz CT molecular complexity index is 1010. The first-order chi connectivity index (χ1) is 14.9. The number of nitrogens with one attached hydrogen (secondary N) is 1. The predicted molar refractivity (Wildman–Crippen MR) is 115 cm³/mol. The average molecular weight is 420 g/mol. The Morgan fingerprint density at radius 1 is 0.871 bits per heavy atom. The van der Waals surface area contributed by atoms with Crippen LogP contribution < -0.4 is 5.32 Å². The smallest absolute Gasteiger partial charge is 0.262 e. The van der Waals surface area contributed by atoms with E-state index in [1.165, 1.54) is 6.92 Å². The molecule has 4 amide bonds. The second-order valence-electron chi connectivity index (χ2n) is 7.86. The molecule has 8 heteroatoms. The summed E-state index contributed by atoms with van der Waals surface area (Å²) in [7, 11) is 2.03. The third-order valence-corrected chi connectivity index (χ3v) is 5.78. The Morgan fingerprint density at radius 3 is 1.97 bits per heavy atom. The van der Waals surface area contributed by atoms with Gasteiger partial charge in [0.05, 0.1) is 11.1 Å². The monoisotopic (exact) mass is 420 g/mol. The third kappa shape index (κ3) is 3.94. The van der Waals surface area contributed by atoms with Crippen LogP contribution in [0.4, 0.5) is 5.69 Å². The molecule has 0 bridgehead atoms. The summed E-state index contributed by atoms with van der Waals surface area (Å²) >= 11 is 0. The SMILES string of the molecule is CC(C(=O)Nc1ccc(C(=O)N2CCN(C)CC2)cc1)N1C(=O)c2ccccc2C1=O. The normalized spacial score (nSPS) is 17.5. The summed E-state index contributed by atoms with van der Waals surface area (Å²) < 4.78 is 0. The van der Waals surface area contributed by atoms with E-state index in [0.29, 0.717) is 35.5 Å². The van der Waals surface area contributed by atoms with Gasteiger partial charge in [-0.15, -0.1) is 0 Å². The average Bonchev–Trinajstić information content (AvgIpc) is 3.04. The molecule has 2 aliphatic rings. The molecule has 31 heavy (non-hydrogen) atoms. The Kier molecular flexibility index (Phi) is 5.56. The van der Waals surface area contributed by atoms with E-state index in [9.17, 15) is 19.2 Å².